The summed E-state index contributed by atoms with van der Waals surface area (Å²) in [5.41, 5.74) is 0.445. The first-order valence-corrected chi connectivity index (χ1v) is 8.69. The van der Waals surface area contributed by atoms with Gasteiger partial charge in [0, 0.05) is 12.4 Å². The van der Waals surface area contributed by atoms with Crippen LogP contribution >= 0.6 is 0 Å². The quantitative estimate of drug-likeness (QED) is 0.765. The van der Waals surface area contributed by atoms with Crippen molar-refractivity contribution in [3.63, 3.8) is 0 Å². The molecule has 2 aromatic carbocycles. The van der Waals surface area contributed by atoms with Crippen LogP contribution in [0.5, 0.6) is 11.5 Å². The van der Waals surface area contributed by atoms with Crippen LogP contribution in [-0.2, 0) is 18.4 Å². The van der Waals surface area contributed by atoms with E-state index < -0.39 is 12.2 Å². The van der Waals surface area contributed by atoms with Crippen molar-refractivity contribution in [1.29, 1.82) is 0 Å². The summed E-state index contributed by atoms with van der Waals surface area (Å²) in [5.74, 6) is 0.873. The molecule has 1 aliphatic rings. The number of aromatic nitrogens is 2. The van der Waals surface area contributed by atoms with Crippen molar-refractivity contribution in [2.24, 2.45) is 7.05 Å². The number of nitrogens with one attached hydrogen (secondary N) is 1. The highest BCUT2D eigenvalue weighted by Gasteiger charge is 2.33. The summed E-state index contributed by atoms with van der Waals surface area (Å²) in [6.45, 7) is 1.97. The van der Waals surface area contributed by atoms with E-state index in [4.69, 9.17) is 9.47 Å². The topological polar surface area (TPSA) is 82.4 Å². The number of aryl methyl sites for hydroxylation is 1. The highest BCUT2D eigenvalue weighted by molar-refractivity contribution is 5.85. The Morgan fingerprint density at radius 2 is 1.70 bits per heavy atom. The number of rotatable bonds is 3. The minimum atomic E-state index is -0.765. The van der Waals surface area contributed by atoms with E-state index >= 15 is 0 Å². The first-order valence-electron chi connectivity index (χ1n) is 8.69. The molecule has 0 spiro atoms. The molecule has 7 heteroatoms. The second kappa shape index (κ2) is 6.75. The molecule has 3 aromatic rings. The fourth-order valence-corrected chi connectivity index (χ4v) is 3.18. The van der Waals surface area contributed by atoms with E-state index in [9.17, 15) is 9.59 Å². The molecule has 0 bridgehead atoms. The third kappa shape index (κ3) is 3.12. The van der Waals surface area contributed by atoms with Gasteiger partial charge in [0.05, 0.1) is 17.6 Å². The van der Waals surface area contributed by atoms with E-state index in [2.05, 4.69) is 10.4 Å². The van der Waals surface area contributed by atoms with Crippen LogP contribution in [0.4, 0.5) is 0 Å². The van der Waals surface area contributed by atoms with Crippen molar-refractivity contribution in [2.45, 2.75) is 25.7 Å². The molecule has 0 aliphatic carbocycles. The second-order valence-electron chi connectivity index (χ2n) is 6.45. The van der Waals surface area contributed by atoms with Crippen LogP contribution in [0.3, 0.4) is 0 Å². The Labute approximate surface area is 155 Å². The molecule has 0 fully saturated rings. The van der Waals surface area contributed by atoms with E-state index in [0.29, 0.717) is 22.6 Å². The lowest BCUT2D eigenvalue weighted by atomic mass is 10.1. The first-order chi connectivity index (χ1) is 13.0. The van der Waals surface area contributed by atoms with Gasteiger partial charge in [0.15, 0.2) is 11.5 Å². The van der Waals surface area contributed by atoms with Gasteiger partial charge in [-0.25, -0.2) is 4.68 Å². The Bertz CT molecular complexity index is 1080. The van der Waals surface area contributed by atoms with Gasteiger partial charge in [0.2, 0.25) is 6.10 Å². The van der Waals surface area contributed by atoms with Crippen LogP contribution in [0, 0.1) is 0 Å². The van der Waals surface area contributed by atoms with Crippen LogP contribution in [0.15, 0.2) is 53.3 Å². The van der Waals surface area contributed by atoms with Crippen LogP contribution in [0.1, 0.15) is 12.6 Å². The lowest BCUT2D eigenvalue weighted by molar-refractivity contribution is -0.133. The van der Waals surface area contributed by atoms with Crippen molar-refractivity contribution < 1.29 is 14.3 Å². The molecule has 27 heavy (non-hydrogen) atoms. The van der Waals surface area contributed by atoms with Crippen LogP contribution < -0.4 is 20.3 Å². The molecule has 4 rings (SSSR count). The molecule has 1 N–H and O–H groups in total. The summed E-state index contributed by atoms with van der Waals surface area (Å²) in [7, 11) is 1.59. The average molecular weight is 365 g/mol. The van der Waals surface area contributed by atoms with Gasteiger partial charge in [-0.1, -0.05) is 30.3 Å². The summed E-state index contributed by atoms with van der Waals surface area (Å²) in [5, 5.41) is 8.43. The second-order valence-corrected chi connectivity index (χ2v) is 6.45. The largest absolute Gasteiger partial charge is 0.482 e. The van der Waals surface area contributed by atoms with Gasteiger partial charge in [-0.05, 0) is 25.1 Å². The van der Waals surface area contributed by atoms with Gasteiger partial charge in [-0.3, -0.25) is 9.59 Å². The van der Waals surface area contributed by atoms with Crippen molar-refractivity contribution >= 4 is 16.7 Å². The highest BCUT2D eigenvalue weighted by atomic mass is 16.6. The average Bonchev–Trinajstić information content (AvgIpc) is 2.69. The molecule has 138 valence electrons. The van der Waals surface area contributed by atoms with Crippen LogP contribution in [0.25, 0.3) is 10.8 Å². The van der Waals surface area contributed by atoms with Gasteiger partial charge in [0.1, 0.15) is 6.10 Å². The molecule has 2 atom stereocenters. The minimum absolute atomic E-state index is 0.171. The predicted octanol–water partition coefficient (Wildman–Crippen LogP) is 1.78. The number of carbonyl (C=O) groups is 1. The summed E-state index contributed by atoms with van der Waals surface area (Å²) < 4.78 is 12.9. The number of benzene rings is 2. The monoisotopic (exact) mass is 365 g/mol. The fraction of sp³-hybridized carbons (Fsp3) is 0.250. The molecule has 1 aromatic heterocycles. The zero-order valence-corrected chi connectivity index (χ0v) is 15.0. The van der Waals surface area contributed by atoms with E-state index in [1.54, 1.807) is 38.2 Å². The van der Waals surface area contributed by atoms with Gasteiger partial charge < -0.3 is 14.8 Å². The summed E-state index contributed by atoms with van der Waals surface area (Å²) in [6, 6.07) is 14.5. The number of carbonyl (C=O) groups excluding carboxylic acids is 1. The zero-order valence-electron chi connectivity index (χ0n) is 15.0. The Morgan fingerprint density at radius 3 is 2.44 bits per heavy atom. The molecule has 0 radical (unpaired) electrons. The summed E-state index contributed by atoms with van der Waals surface area (Å²) in [4.78, 5) is 24.9. The third-order valence-electron chi connectivity index (χ3n) is 4.56. The fourth-order valence-electron chi connectivity index (χ4n) is 3.18. The van der Waals surface area contributed by atoms with Gasteiger partial charge in [-0.2, -0.15) is 5.10 Å². The first kappa shape index (κ1) is 17.1. The summed E-state index contributed by atoms with van der Waals surface area (Å²) in [6.07, 6.45) is -1.19. The van der Waals surface area contributed by atoms with Crippen LogP contribution in [-0.4, -0.2) is 27.9 Å². The van der Waals surface area contributed by atoms with Crippen molar-refractivity contribution in [3.05, 3.63) is 64.6 Å². The van der Waals surface area contributed by atoms with Gasteiger partial charge in [0.25, 0.3) is 11.5 Å². The van der Waals surface area contributed by atoms with Gasteiger partial charge in [-0.15, -0.1) is 0 Å². The maximum absolute atomic E-state index is 12.7. The number of amides is 1. The van der Waals surface area contributed by atoms with Crippen LogP contribution in [0.2, 0.25) is 0 Å². The number of para-hydroxylation sites is 2. The molecule has 0 saturated heterocycles. The minimum Gasteiger partial charge on any atom is -0.482 e. The summed E-state index contributed by atoms with van der Waals surface area (Å²) >= 11 is 0. The smallest absolute Gasteiger partial charge is 0.274 e. The lowest BCUT2D eigenvalue weighted by Crippen LogP contribution is -2.48. The number of nitrogens with zero attached hydrogens (tertiary/aromatic N) is 2. The SMILES string of the molecule is C[C@@H]1Oc2ccccc2O[C@H]1C(=O)NCc1nn(C)c(=O)c2ccccc12. The normalized spacial score (nSPS) is 18.3. The highest BCUT2D eigenvalue weighted by Crippen LogP contribution is 2.33. The number of hydrogen-bond acceptors (Lipinski definition) is 5. The lowest BCUT2D eigenvalue weighted by Gasteiger charge is -2.31. The molecule has 1 aliphatic heterocycles. The van der Waals surface area contributed by atoms with Crippen molar-refractivity contribution in [2.75, 3.05) is 0 Å². The zero-order chi connectivity index (χ0) is 19.0. The van der Waals surface area contributed by atoms with E-state index in [0.717, 1.165) is 5.39 Å². The van der Waals surface area contributed by atoms with E-state index in [-0.39, 0.29) is 18.0 Å². The Balaban J connectivity index is 1.54. The van der Waals surface area contributed by atoms with Crippen molar-refractivity contribution in [3.8, 4) is 11.5 Å². The molecule has 0 unspecified atom stereocenters. The van der Waals surface area contributed by atoms with E-state index in [1.807, 2.05) is 24.3 Å². The maximum Gasteiger partial charge on any atom is 0.274 e. The number of ether oxygens (including phenoxy) is 2. The Morgan fingerprint density at radius 1 is 1.07 bits per heavy atom. The molecular weight excluding hydrogens is 346 g/mol. The third-order valence-corrected chi connectivity index (χ3v) is 4.56. The Hall–Kier alpha value is -3.35. The molecule has 7 nitrogen and oxygen atoms in total. The van der Waals surface area contributed by atoms with Crippen molar-refractivity contribution in [1.82, 2.24) is 15.1 Å². The number of hydrogen-bond donors (Lipinski definition) is 1. The molecule has 2 heterocycles. The molecule has 1 amide bonds. The molecular formula is C20H19N3O4. The maximum atomic E-state index is 12.7. The Kier molecular flexibility index (Phi) is 4.27. The van der Waals surface area contributed by atoms with E-state index in [1.165, 1.54) is 4.68 Å². The van der Waals surface area contributed by atoms with Gasteiger partial charge >= 0.3 is 0 Å². The standard InChI is InChI=1S/C20H19N3O4/c1-12-18(27-17-10-6-5-9-16(17)26-12)19(24)21-11-15-13-7-3-4-8-14(13)20(25)23(2)22-15/h3-10,12,18H,11H2,1-2H3,(H,21,24)/t12-,18+/m0/s1. The molecule has 0 saturated carbocycles. The number of fused-ring (bicyclic) bond motifs is 2. The predicted molar refractivity (Wildman–Crippen MR) is 99.8 cm³/mol.